The molecular weight excluding hydrogens is 303 g/mol. The van der Waals surface area contributed by atoms with Gasteiger partial charge in [0.05, 0.1) is 11.6 Å². The van der Waals surface area contributed by atoms with Crippen molar-refractivity contribution in [3.8, 4) is 0 Å². The SMILES string of the molecule is Cc1cc(NC(=O)NC[C@H](Cc2ccc(F)cc2)C(N)=O)on1. The summed E-state index contributed by atoms with van der Waals surface area (Å²) in [6.07, 6.45) is 0.303. The van der Waals surface area contributed by atoms with Crippen LogP contribution in [0.1, 0.15) is 11.3 Å². The van der Waals surface area contributed by atoms with Gasteiger partial charge in [0.15, 0.2) is 0 Å². The number of rotatable bonds is 6. The van der Waals surface area contributed by atoms with Crippen LogP contribution in [-0.4, -0.2) is 23.6 Å². The Balaban J connectivity index is 1.88. The first-order chi connectivity index (χ1) is 10.9. The fourth-order valence-corrected chi connectivity index (χ4v) is 1.97. The number of halogens is 1. The van der Waals surface area contributed by atoms with E-state index in [4.69, 9.17) is 10.3 Å². The molecule has 23 heavy (non-hydrogen) atoms. The van der Waals surface area contributed by atoms with Crippen molar-refractivity contribution in [2.75, 3.05) is 11.9 Å². The predicted molar refractivity (Wildman–Crippen MR) is 81.0 cm³/mol. The van der Waals surface area contributed by atoms with Crippen LogP contribution in [0.3, 0.4) is 0 Å². The van der Waals surface area contributed by atoms with E-state index in [2.05, 4.69) is 15.8 Å². The molecule has 0 aliphatic carbocycles. The molecule has 4 N–H and O–H groups in total. The molecule has 0 bridgehead atoms. The van der Waals surface area contributed by atoms with E-state index in [0.717, 1.165) is 5.56 Å². The van der Waals surface area contributed by atoms with Crippen LogP contribution < -0.4 is 16.4 Å². The number of anilines is 1. The Morgan fingerprint density at radius 1 is 1.35 bits per heavy atom. The van der Waals surface area contributed by atoms with E-state index in [-0.39, 0.29) is 18.2 Å². The monoisotopic (exact) mass is 320 g/mol. The molecule has 0 saturated carbocycles. The lowest BCUT2D eigenvalue weighted by atomic mass is 9.98. The summed E-state index contributed by atoms with van der Waals surface area (Å²) in [4.78, 5) is 23.2. The smallest absolute Gasteiger partial charge is 0.321 e. The number of hydrogen-bond donors (Lipinski definition) is 3. The Morgan fingerprint density at radius 2 is 2.04 bits per heavy atom. The second kappa shape index (κ2) is 7.39. The minimum atomic E-state index is -0.609. The number of carbonyl (C=O) groups is 2. The Hall–Kier alpha value is -2.90. The standard InChI is InChI=1S/C15H17FN4O3/c1-9-6-13(23-20-9)19-15(22)18-8-11(14(17)21)7-10-2-4-12(16)5-3-10/h2-6,11H,7-8H2,1H3,(H2,17,21)(H2,18,19,22)/t11-/m0/s1. The van der Waals surface area contributed by atoms with Crippen molar-refractivity contribution in [2.45, 2.75) is 13.3 Å². The van der Waals surface area contributed by atoms with Crippen molar-refractivity contribution in [2.24, 2.45) is 11.7 Å². The largest absolute Gasteiger partial charge is 0.369 e. The molecule has 0 aliphatic rings. The number of primary amides is 1. The molecule has 0 unspecified atom stereocenters. The van der Waals surface area contributed by atoms with Crippen molar-refractivity contribution in [1.29, 1.82) is 0 Å². The molecule has 1 aromatic heterocycles. The van der Waals surface area contributed by atoms with Crippen LogP contribution in [0.2, 0.25) is 0 Å². The quantitative estimate of drug-likeness (QED) is 0.750. The average molecular weight is 320 g/mol. The molecule has 1 atom stereocenters. The first-order valence-electron chi connectivity index (χ1n) is 6.96. The predicted octanol–water partition coefficient (Wildman–Crippen LogP) is 1.59. The van der Waals surface area contributed by atoms with Crippen LogP contribution in [0.4, 0.5) is 15.1 Å². The normalized spacial score (nSPS) is 11.7. The Labute approximate surface area is 132 Å². The number of urea groups is 1. The molecule has 0 aliphatic heterocycles. The summed E-state index contributed by atoms with van der Waals surface area (Å²) in [6, 6.07) is 6.78. The van der Waals surface area contributed by atoms with Gasteiger partial charge >= 0.3 is 6.03 Å². The summed E-state index contributed by atoms with van der Waals surface area (Å²) in [5, 5.41) is 8.62. The number of aromatic nitrogens is 1. The third kappa shape index (κ3) is 5.10. The van der Waals surface area contributed by atoms with Gasteiger partial charge in [-0.1, -0.05) is 17.3 Å². The Morgan fingerprint density at radius 3 is 2.61 bits per heavy atom. The maximum Gasteiger partial charge on any atom is 0.321 e. The fourth-order valence-electron chi connectivity index (χ4n) is 1.97. The van der Waals surface area contributed by atoms with E-state index < -0.39 is 17.9 Å². The van der Waals surface area contributed by atoms with Crippen molar-refractivity contribution >= 4 is 17.8 Å². The third-order valence-electron chi connectivity index (χ3n) is 3.17. The summed E-state index contributed by atoms with van der Waals surface area (Å²) in [5.41, 5.74) is 6.73. The topological polar surface area (TPSA) is 110 Å². The molecular formula is C15H17FN4O3. The van der Waals surface area contributed by atoms with Gasteiger partial charge in [-0.3, -0.25) is 10.1 Å². The van der Waals surface area contributed by atoms with Crippen molar-refractivity contribution in [3.05, 3.63) is 47.4 Å². The van der Waals surface area contributed by atoms with Crippen LogP contribution in [0.15, 0.2) is 34.9 Å². The summed E-state index contributed by atoms with van der Waals surface area (Å²) in [7, 11) is 0. The van der Waals surface area contributed by atoms with Gasteiger partial charge < -0.3 is 15.6 Å². The van der Waals surface area contributed by atoms with Gasteiger partial charge in [-0.25, -0.2) is 9.18 Å². The van der Waals surface area contributed by atoms with Crippen LogP contribution >= 0.6 is 0 Å². The van der Waals surface area contributed by atoms with Gasteiger partial charge in [-0.2, -0.15) is 0 Å². The van der Waals surface area contributed by atoms with E-state index in [1.165, 1.54) is 12.1 Å². The van der Waals surface area contributed by atoms with Gasteiger partial charge in [0, 0.05) is 12.6 Å². The number of nitrogens with zero attached hydrogens (tertiary/aromatic N) is 1. The number of nitrogens with two attached hydrogens (primary N) is 1. The van der Waals surface area contributed by atoms with Gasteiger partial charge in [0.2, 0.25) is 11.8 Å². The molecule has 3 amide bonds. The first kappa shape index (κ1) is 16.5. The molecule has 0 saturated heterocycles. The molecule has 8 heteroatoms. The number of hydrogen-bond acceptors (Lipinski definition) is 4. The van der Waals surface area contributed by atoms with Crippen molar-refractivity contribution in [3.63, 3.8) is 0 Å². The molecule has 1 heterocycles. The number of nitrogens with one attached hydrogen (secondary N) is 2. The molecule has 0 spiro atoms. The Bertz CT molecular complexity index is 684. The first-order valence-corrected chi connectivity index (χ1v) is 6.96. The maximum absolute atomic E-state index is 12.9. The van der Waals surface area contributed by atoms with Crippen molar-refractivity contribution in [1.82, 2.24) is 10.5 Å². The number of carbonyl (C=O) groups excluding carboxylic acids is 2. The van der Waals surface area contributed by atoms with E-state index in [1.54, 1.807) is 25.1 Å². The molecule has 0 fully saturated rings. The average Bonchev–Trinajstić information content (AvgIpc) is 2.90. The minimum absolute atomic E-state index is 0.0473. The van der Waals surface area contributed by atoms with E-state index in [1.807, 2.05) is 0 Å². The zero-order valence-electron chi connectivity index (χ0n) is 12.5. The zero-order valence-corrected chi connectivity index (χ0v) is 12.5. The highest BCUT2D eigenvalue weighted by molar-refractivity contribution is 5.88. The summed E-state index contributed by atoms with van der Waals surface area (Å²) in [5.74, 6) is -1.31. The Kier molecular flexibility index (Phi) is 5.29. The van der Waals surface area contributed by atoms with Gasteiger partial charge in [-0.15, -0.1) is 0 Å². The van der Waals surface area contributed by atoms with Gasteiger partial charge in [-0.05, 0) is 31.0 Å². The van der Waals surface area contributed by atoms with E-state index in [9.17, 15) is 14.0 Å². The number of benzene rings is 1. The highest BCUT2D eigenvalue weighted by Gasteiger charge is 2.17. The minimum Gasteiger partial charge on any atom is -0.369 e. The molecule has 7 nitrogen and oxygen atoms in total. The van der Waals surface area contributed by atoms with Crippen LogP contribution in [-0.2, 0) is 11.2 Å². The fraction of sp³-hybridized carbons (Fsp3) is 0.267. The summed E-state index contributed by atoms with van der Waals surface area (Å²) in [6.45, 7) is 1.77. The lowest BCUT2D eigenvalue weighted by Gasteiger charge is -2.14. The maximum atomic E-state index is 12.9. The second-order valence-electron chi connectivity index (χ2n) is 5.10. The summed E-state index contributed by atoms with van der Waals surface area (Å²) >= 11 is 0. The zero-order chi connectivity index (χ0) is 16.8. The third-order valence-corrected chi connectivity index (χ3v) is 3.17. The van der Waals surface area contributed by atoms with Gasteiger partial charge in [0.25, 0.3) is 0 Å². The molecule has 2 rings (SSSR count). The molecule has 2 aromatic rings. The molecule has 122 valence electrons. The van der Waals surface area contributed by atoms with Crippen LogP contribution in [0.25, 0.3) is 0 Å². The number of amides is 3. The number of aryl methyl sites for hydroxylation is 1. The van der Waals surface area contributed by atoms with Crippen LogP contribution in [0, 0.1) is 18.7 Å². The highest BCUT2D eigenvalue weighted by Crippen LogP contribution is 2.10. The lowest BCUT2D eigenvalue weighted by molar-refractivity contribution is -0.121. The van der Waals surface area contributed by atoms with Crippen molar-refractivity contribution < 1.29 is 18.5 Å². The van der Waals surface area contributed by atoms with E-state index in [0.29, 0.717) is 12.1 Å². The van der Waals surface area contributed by atoms with E-state index >= 15 is 0 Å². The molecule has 1 aromatic carbocycles. The lowest BCUT2D eigenvalue weighted by Crippen LogP contribution is -2.39. The second-order valence-corrected chi connectivity index (χ2v) is 5.10. The highest BCUT2D eigenvalue weighted by atomic mass is 19.1. The van der Waals surface area contributed by atoms with Gasteiger partial charge in [0.1, 0.15) is 5.82 Å². The van der Waals surface area contributed by atoms with Crippen LogP contribution in [0.5, 0.6) is 0 Å². The molecule has 0 radical (unpaired) electrons. The summed E-state index contributed by atoms with van der Waals surface area (Å²) < 4.78 is 17.7.